The van der Waals surface area contributed by atoms with Crippen LogP contribution in [-0.4, -0.2) is 24.2 Å². The number of ketones is 1. The third kappa shape index (κ3) is 2.48. The van der Waals surface area contributed by atoms with E-state index in [0.29, 0.717) is 28.1 Å². The number of hydrogen-bond donors (Lipinski definition) is 0. The minimum absolute atomic E-state index is 0.0383. The topological polar surface area (TPSA) is 63.7 Å². The fraction of sp³-hybridized carbons (Fsp3) is 0.348. The number of benzene rings is 1. The van der Waals surface area contributed by atoms with Crippen molar-refractivity contribution < 1.29 is 19.1 Å². The minimum atomic E-state index is -0.194. The predicted molar refractivity (Wildman–Crippen MR) is 108 cm³/mol. The van der Waals surface area contributed by atoms with Crippen LogP contribution < -0.4 is 9.64 Å². The van der Waals surface area contributed by atoms with Crippen LogP contribution in [0.2, 0.25) is 0 Å². The molecule has 5 nitrogen and oxygen atoms in total. The Labute approximate surface area is 172 Å². The van der Waals surface area contributed by atoms with Gasteiger partial charge in [-0.15, -0.1) is 11.3 Å². The van der Waals surface area contributed by atoms with Crippen LogP contribution in [0.15, 0.2) is 53.9 Å². The minimum Gasteiger partial charge on any atom is -0.485 e. The van der Waals surface area contributed by atoms with Crippen LogP contribution in [0.3, 0.4) is 0 Å². The van der Waals surface area contributed by atoms with Gasteiger partial charge in [0.2, 0.25) is 17.6 Å². The SMILES string of the molecule is O=C(COc1ccc(N2C(=O)[C@@H]3[C@@H]4C=C[C@H]([C@H]5C[C@H]45)[C@@H]3C2=O)cc1)c1cccs1. The van der Waals surface area contributed by atoms with E-state index in [1.165, 1.54) is 16.2 Å². The van der Waals surface area contributed by atoms with Crippen LogP contribution in [-0.2, 0) is 9.59 Å². The van der Waals surface area contributed by atoms with Gasteiger partial charge in [-0.2, -0.15) is 0 Å². The molecular formula is C23H19NO4S. The second-order valence-corrected chi connectivity index (χ2v) is 9.30. The molecule has 7 rings (SSSR count). The summed E-state index contributed by atoms with van der Waals surface area (Å²) in [5.74, 6) is 1.60. The molecule has 0 radical (unpaired) electrons. The molecule has 2 aromatic rings. The van der Waals surface area contributed by atoms with Gasteiger partial charge in [-0.3, -0.25) is 19.3 Å². The molecule has 1 aliphatic heterocycles. The lowest BCUT2D eigenvalue weighted by Gasteiger charge is -2.37. The number of rotatable bonds is 5. The van der Waals surface area contributed by atoms with E-state index in [1.54, 1.807) is 30.3 Å². The summed E-state index contributed by atoms with van der Waals surface area (Å²) in [5, 5.41) is 1.86. The quantitative estimate of drug-likeness (QED) is 0.433. The van der Waals surface area contributed by atoms with Crippen molar-refractivity contribution in [1.29, 1.82) is 0 Å². The third-order valence-electron chi connectivity index (χ3n) is 6.92. The molecule has 3 fully saturated rings. The molecule has 5 aliphatic rings. The number of amides is 2. The predicted octanol–water partition coefficient (Wildman–Crippen LogP) is 3.57. The van der Waals surface area contributed by atoms with Gasteiger partial charge < -0.3 is 4.74 Å². The summed E-state index contributed by atoms with van der Waals surface area (Å²) in [6.45, 7) is -0.0383. The first kappa shape index (κ1) is 17.2. The number of nitrogens with zero attached hydrogens (tertiary/aromatic N) is 1. The van der Waals surface area contributed by atoms with Crippen LogP contribution in [0.25, 0.3) is 0 Å². The molecule has 2 saturated carbocycles. The molecule has 6 heteroatoms. The van der Waals surface area contributed by atoms with Gasteiger partial charge in [-0.1, -0.05) is 18.2 Å². The summed E-state index contributed by atoms with van der Waals surface area (Å²) < 4.78 is 5.58. The Hall–Kier alpha value is -2.73. The Bertz CT molecular complexity index is 1010. The number of hydrogen-bond acceptors (Lipinski definition) is 5. The van der Waals surface area contributed by atoms with Crippen LogP contribution in [0.1, 0.15) is 16.1 Å². The van der Waals surface area contributed by atoms with E-state index >= 15 is 0 Å². The first-order chi connectivity index (χ1) is 14.1. The summed E-state index contributed by atoms with van der Waals surface area (Å²) in [6, 6.07) is 10.5. The van der Waals surface area contributed by atoms with E-state index in [0.717, 1.165) is 6.42 Å². The van der Waals surface area contributed by atoms with Gasteiger partial charge in [0.25, 0.3) is 0 Å². The molecule has 29 heavy (non-hydrogen) atoms. The van der Waals surface area contributed by atoms with E-state index in [-0.39, 0.29) is 47.9 Å². The van der Waals surface area contributed by atoms with E-state index in [4.69, 9.17) is 4.74 Å². The molecule has 2 heterocycles. The van der Waals surface area contributed by atoms with Gasteiger partial charge in [0.05, 0.1) is 22.4 Å². The molecule has 0 N–H and O–H groups in total. The van der Waals surface area contributed by atoms with Crippen molar-refractivity contribution in [3.63, 3.8) is 0 Å². The Morgan fingerprint density at radius 3 is 2.24 bits per heavy atom. The van der Waals surface area contributed by atoms with Crippen molar-refractivity contribution in [2.45, 2.75) is 6.42 Å². The highest BCUT2D eigenvalue weighted by molar-refractivity contribution is 7.12. The lowest BCUT2D eigenvalue weighted by molar-refractivity contribution is -0.124. The zero-order valence-corrected chi connectivity index (χ0v) is 16.4. The van der Waals surface area contributed by atoms with Gasteiger partial charge in [0.15, 0.2) is 6.61 Å². The Kier molecular flexibility index (Phi) is 3.63. The molecule has 2 amide bonds. The molecule has 2 bridgehead atoms. The van der Waals surface area contributed by atoms with Crippen LogP contribution in [0.5, 0.6) is 5.75 Å². The molecule has 0 spiro atoms. The number of carbonyl (C=O) groups is 3. The Morgan fingerprint density at radius 2 is 1.66 bits per heavy atom. The van der Waals surface area contributed by atoms with Crippen LogP contribution in [0, 0.1) is 35.5 Å². The summed E-state index contributed by atoms with van der Waals surface area (Å²) in [7, 11) is 0. The van der Waals surface area contributed by atoms with Gasteiger partial charge in [0.1, 0.15) is 5.75 Å². The number of ether oxygens (including phenoxy) is 1. The lowest BCUT2D eigenvalue weighted by Crippen LogP contribution is -2.40. The molecule has 1 saturated heterocycles. The summed E-state index contributed by atoms with van der Waals surface area (Å²) >= 11 is 1.39. The van der Waals surface area contributed by atoms with E-state index in [2.05, 4.69) is 12.2 Å². The molecule has 4 aliphatic carbocycles. The summed E-state index contributed by atoms with van der Waals surface area (Å²) in [4.78, 5) is 40.4. The van der Waals surface area contributed by atoms with Gasteiger partial charge in [0, 0.05) is 0 Å². The molecule has 146 valence electrons. The van der Waals surface area contributed by atoms with E-state index in [1.807, 2.05) is 11.4 Å². The standard InChI is InChI=1S/C23H19NO4S/c25-18(19-2-1-9-29-19)11-28-13-5-3-12(4-6-13)24-22(26)20-14-7-8-15(17-10-16(14)17)21(20)23(24)27/h1-9,14-17,20-21H,10-11H2/t14-,15-,16-,17-,20-,21+/m1/s1. The van der Waals surface area contributed by atoms with Crippen molar-refractivity contribution >= 4 is 34.6 Å². The highest BCUT2D eigenvalue weighted by Crippen LogP contribution is 2.65. The highest BCUT2D eigenvalue weighted by atomic mass is 32.1. The number of anilines is 1. The fourth-order valence-electron chi connectivity index (χ4n) is 5.56. The highest BCUT2D eigenvalue weighted by Gasteiger charge is 2.67. The van der Waals surface area contributed by atoms with Gasteiger partial charge in [-0.05, 0) is 65.8 Å². The number of Topliss-reactive ketones (excluding diaryl/α,β-unsaturated/α-hetero) is 1. The largest absolute Gasteiger partial charge is 0.485 e. The Balaban J connectivity index is 1.19. The number of carbonyl (C=O) groups excluding carboxylic acids is 3. The maximum Gasteiger partial charge on any atom is 0.238 e. The maximum atomic E-state index is 13.1. The smallest absolute Gasteiger partial charge is 0.238 e. The van der Waals surface area contributed by atoms with E-state index < -0.39 is 0 Å². The third-order valence-corrected chi connectivity index (χ3v) is 7.83. The van der Waals surface area contributed by atoms with Crippen molar-refractivity contribution in [3.05, 3.63) is 58.8 Å². The lowest BCUT2D eigenvalue weighted by atomic mass is 9.63. The monoisotopic (exact) mass is 405 g/mol. The van der Waals surface area contributed by atoms with Gasteiger partial charge in [-0.25, -0.2) is 0 Å². The fourth-order valence-corrected chi connectivity index (χ4v) is 6.21. The molecule has 1 aromatic carbocycles. The zero-order valence-electron chi connectivity index (χ0n) is 15.6. The normalized spacial score (nSPS) is 33.6. The van der Waals surface area contributed by atoms with Crippen molar-refractivity contribution in [2.24, 2.45) is 35.5 Å². The number of allylic oxidation sites excluding steroid dienone is 2. The average Bonchev–Trinajstić information content (AvgIpc) is 3.31. The van der Waals surface area contributed by atoms with E-state index in [9.17, 15) is 14.4 Å². The molecule has 6 atom stereocenters. The summed E-state index contributed by atoms with van der Waals surface area (Å²) in [6.07, 6.45) is 5.51. The average molecular weight is 405 g/mol. The van der Waals surface area contributed by atoms with Crippen molar-refractivity contribution in [3.8, 4) is 5.75 Å². The first-order valence-corrected chi connectivity index (χ1v) is 10.9. The van der Waals surface area contributed by atoms with Crippen molar-refractivity contribution in [1.82, 2.24) is 0 Å². The maximum absolute atomic E-state index is 13.1. The number of imide groups is 1. The second kappa shape index (κ2) is 6.13. The molecule has 0 unspecified atom stereocenters. The van der Waals surface area contributed by atoms with Crippen molar-refractivity contribution in [2.75, 3.05) is 11.5 Å². The zero-order chi connectivity index (χ0) is 19.7. The van der Waals surface area contributed by atoms with Crippen LogP contribution >= 0.6 is 11.3 Å². The molecular weight excluding hydrogens is 386 g/mol. The first-order valence-electron chi connectivity index (χ1n) is 9.99. The molecule has 1 aromatic heterocycles. The van der Waals surface area contributed by atoms with Crippen LogP contribution in [0.4, 0.5) is 5.69 Å². The summed E-state index contributed by atoms with van der Waals surface area (Å²) in [5.41, 5.74) is 0.583. The number of thiophene rings is 1. The second-order valence-electron chi connectivity index (χ2n) is 8.35. The Morgan fingerprint density at radius 1 is 1.00 bits per heavy atom. The van der Waals surface area contributed by atoms with Gasteiger partial charge >= 0.3 is 0 Å².